The largest absolute Gasteiger partial charge is 0.392 e. The van der Waals surface area contributed by atoms with Crippen molar-refractivity contribution >= 4 is 44.7 Å². The van der Waals surface area contributed by atoms with Crippen molar-refractivity contribution in [2.45, 2.75) is 26.2 Å². The van der Waals surface area contributed by atoms with E-state index in [1.54, 1.807) is 0 Å². The molecule has 0 atom stereocenters. The highest BCUT2D eigenvalue weighted by atomic mass is 79.9. The Labute approximate surface area is 120 Å². The summed E-state index contributed by atoms with van der Waals surface area (Å²) in [5.74, 6) is -0.0806. The minimum absolute atomic E-state index is 0.0806. The fourth-order valence-electron chi connectivity index (χ4n) is 2.09. The summed E-state index contributed by atoms with van der Waals surface area (Å²) >= 11 is 8.46. The molecule has 1 aliphatic carbocycles. The van der Waals surface area contributed by atoms with Gasteiger partial charge in [-0.15, -0.1) is 0 Å². The quantitative estimate of drug-likeness (QED) is 0.839. The molecule has 96 valence electrons. The van der Waals surface area contributed by atoms with E-state index in [1.165, 1.54) is 0 Å². The lowest BCUT2D eigenvalue weighted by molar-refractivity contribution is -0.125. The number of thiocarbonyl (C=S) groups is 1. The number of anilines is 1. The molecular formula is C13H15BrN2OS. The van der Waals surface area contributed by atoms with Gasteiger partial charge < -0.3 is 11.1 Å². The second kappa shape index (κ2) is 4.97. The minimum Gasteiger partial charge on any atom is -0.392 e. The van der Waals surface area contributed by atoms with Gasteiger partial charge in [-0.1, -0.05) is 34.6 Å². The number of amides is 1. The number of carbonyl (C=O) groups excluding carboxylic acids is 1. The topological polar surface area (TPSA) is 55.1 Å². The summed E-state index contributed by atoms with van der Waals surface area (Å²) in [4.78, 5) is 12.6. The van der Waals surface area contributed by atoms with E-state index < -0.39 is 5.41 Å². The molecule has 0 unspecified atom stereocenters. The van der Waals surface area contributed by atoms with Crippen LogP contribution in [0.1, 0.15) is 24.8 Å². The van der Waals surface area contributed by atoms with E-state index in [-0.39, 0.29) is 5.91 Å². The van der Waals surface area contributed by atoms with Crippen LogP contribution in [0.4, 0.5) is 5.69 Å². The lowest BCUT2D eigenvalue weighted by atomic mass is 9.68. The smallest absolute Gasteiger partial charge is 0.237 e. The van der Waals surface area contributed by atoms with Gasteiger partial charge in [0.1, 0.15) is 0 Å². The average molecular weight is 327 g/mol. The molecule has 0 aromatic heterocycles. The lowest BCUT2D eigenvalue weighted by Crippen LogP contribution is -2.50. The predicted molar refractivity (Wildman–Crippen MR) is 80.6 cm³/mol. The molecule has 1 aliphatic rings. The number of halogens is 1. The fraction of sp³-hybridized carbons (Fsp3) is 0.385. The Kier molecular flexibility index (Phi) is 3.73. The summed E-state index contributed by atoms with van der Waals surface area (Å²) in [5, 5.41) is 2.91. The zero-order valence-corrected chi connectivity index (χ0v) is 12.5. The van der Waals surface area contributed by atoms with Crippen LogP contribution in [0.15, 0.2) is 22.7 Å². The predicted octanol–water partition coefficient (Wildman–Crippen LogP) is 3.15. The van der Waals surface area contributed by atoms with Crippen molar-refractivity contribution in [2.75, 3.05) is 5.32 Å². The third kappa shape index (κ3) is 2.29. The van der Waals surface area contributed by atoms with Crippen LogP contribution < -0.4 is 11.1 Å². The van der Waals surface area contributed by atoms with Gasteiger partial charge in [0.25, 0.3) is 0 Å². The van der Waals surface area contributed by atoms with Gasteiger partial charge in [0.05, 0.1) is 10.4 Å². The highest BCUT2D eigenvalue weighted by Gasteiger charge is 2.46. The highest BCUT2D eigenvalue weighted by molar-refractivity contribution is 9.10. The van der Waals surface area contributed by atoms with E-state index in [1.807, 2.05) is 25.1 Å². The van der Waals surface area contributed by atoms with Crippen LogP contribution in [0.25, 0.3) is 0 Å². The van der Waals surface area contributed by atoms with Gasteiger partial charge in [0.2, 0.25) is 5.91 Å². The summed E-state index contributed by atoms with van der Waals surface area (Å²) < 4.78 is 1.02. The lowest BCUT2D eigenvalue weighted by Gasteiger charge is -2.39. The Morgan fingerprint density at radius 1 is 1.50 bits per heavy atom. The first-order valence-electron chi connectivity index (χ1n) is 5.83. The van der Waals surface area contributed by atoms with Gasteiger partial charge in [0, 0.05) is 10.2 Å². The Morgan fingerprint density at radius 3 is 2.61 bits per heavy atom. The summed E-state index contributed by atoms with van der Waals surface area (Å²) in [6.07, 6.45) is 2.51. The van der Waals surface area contributed by atoms with E-state index in [2.05, 4.69) is 21.2 Å². The van der Waals surface area contributed by atoms with Crippen LogP contribution in [0.5, 0.6) is 0 Å². The van der Waals surface area contributed by atoms with E-state index in [4.69, 9.17) is 18.0 Å². The number of nitrogens with two attached hydrogens (primary N) is 1. The molecule has 0 aliphatic heterocycles. The zero-order chi connectivity index (χ0) is 13.3. The SMILES string of the molecule is Cc1cc(NC(=O)C2(C(N)=S)CCC2)ccc1Br. The molecule has 3 nitrogen and oxygen atoms in total. The molecule has 0 saturated heterocycles. The van der Waals surface area contributed by atoms with E-state index >= 15 is 0 Å². The number of carbonyl (C=O) groups is 1. The second-order valence-corrected chi connectivity index (χ2v) is 6.01. The number of hydrogen-bond donors (Lipinski definition) is 2. The number of rotatable bonds is 3. The second-order valence-electron chi connectivity index (χ2n) is 4.72. The molecule has 5 heteroatoms. The van der Waals surface area contributed by atoms with Gasteiger partial charge >= 0.3 is 0 Å². The van der Waals surface area contributed by atoms with Crippen LogP contribution in [0.2, 0.25) is 0 Å². The van der Waals surface area contributed by atoms with Crippen LogP contribution in [-0.4, -0.2) is 10.9 Å². The van der Waals surface area contributed by atoms with Gasteiger partial charge in [-0.3, -0.25) is 4.79 Å². The van der Waals surface area contributed by atoms with Crippen molar-refractivity contribution in [1.82, 2.24) is 0 Å². The molecule has 1 amide bonds. The molecule has 0 radical (unpaired) electrons. The average Bonchev–Trinajstić information content (AvgIpc) is 2.21. The van der Waals surface area contributed by atoms with Crippen LogP contribution in [-0.2, 0) is 4.79 Å². The first-order valence-corrected chi connectivity index (χ1v) is 7.03. The molecular weight excluding hydrogens is 312 g/mol. The summed E-state index contributed by atoms with van der Waals surface area (Å²) in [5.41, 5.74) is 6.93. The van der Waals surface area contributed by atoms with Gasteiger partial charge in [-0.05, 0) is 43.5 Å². The third-order valence-electron chi connectivity index (χ3n) is 3.53. The first-order chi connectivity index (χ1) is 8.45. The van der Waals surface area contributed by atoms with Gasteiger partial charge in [0.15, 0.2) is 0 Å². The van der Waals surface area contributed by atoms with Gasteiger partial charge in [-0.2, -0.15) is 0 Å². The number of hydrogen-bond acceptors (Lipinski definition) is 2. The van der Waals surface area contributed by atoms with Crippen molar-refractivity contribution in [3.8, 4) is 0 Å². The summed E-state index contributed by atoms with van der Waals surface area (Å²) in [6.45, 7) is 1.98. The maximum Gasteiger partial charge on any atom is 0.237 e. The summed E-state index contributed by atoms with van der Waals surface area (Å²) in [7, 11) is 0. The van der Waals surface area contributed by atoms with E-state index in [0.29, 0.717) is 4.99 Å². The fourth-order valence-corrected chi connectivity index (χ4v) is 2.63. The van der Waals surface area contributed by atoms with E-state index in [9.17, 15) is 4.79 Å². The Bertz CT molecular complexity index is 512. The third-order valence-corrected chi connectivity index (χ3v) is 4.81. The Balaban J connectivity index is 2.16. The van der Waals surface area contributed by atoms with Crippen LogP contribution in [0.3, 0.4) is 0 Å². The molecule has 0 bridgehead atoms. The monoisotopic (exact) mass is 326 g/mol. The molecule has 1 aromatic rings. The standard InChI is InChI=1S/C13H15BrN2OS/c1-8-7-9(3-4-10(8)14)16-12(17)13(11(15)18)5-2-6-13/h3-4,7H,2,5-6H2,1H3,(H2,15,18)(H,16,17). The molecule has 0 spiro atoms. The van der Waals surface area contributed by atoms with Crippen molar-refractivity contribution in [3.05, 3.63) is 28.2 Å². The molecule has 2 rings (SSSR count). The maximum atomic E-state index is 12.3. The molecule has 1 aromatic carbocycles. The van der Waals surface area contributed by atoms with Crippen molar-refractivity contribution in [1.29, 1.82) is 0 Å². The number of nitrogens with one attached hydrogen (secondary N) is 1. The maximum absolute atomic E-state index is 12.3. The highest BCUT2D eigenvalue weighted by Crippen LogP contribution is 2.42. The van der Waals surface area contributed by atoms with E-state index in [0.717, 1.165) is 35.0 Å². The molecule has 1 fully saturated rings. The van der Waals surface area contributed by atoms with Crippen molar-refractivity contribution in [2.24, 2.45) is 11.1 Å². The summed E-state index contributed by atoms with van der Waals surface area (Å²) in [6, 6.07) is 5.70. The Hall–Kier alpha value is -0.940. The van der Waals surface area contributed by atoms with Crippen LogP contribution in [0, 0.1) is 12.3 Å². The molecule has 3 N–H and O–H groups in total. The molecule has 18 heavy (non-hydrogen) atoms. The molecule has 0 heterocycles. The Morgan fingerprint density at radius 2 is 2.17 bits per heavy atom. The number of aryl methyl sites for hydroxylation is 1. The molecule has 1 saturated carbocycles. The normalized spacial score (nSPS) is 16.8. The van der Waals surface area contributed by atoms with Crippen molar-refractivity contribution in [3.63, 3.8) is 0 Å². The van der Waals surface area contributed by atoms with Gasteiger partial charge in [-0.25, -0.2) is 0 Å². The number of benzene rings is 1. The van der Waals surface area contributed by atoms with Crippen LogP contribution >= 0.6 is 28.1 Å². The minimum atomic E-state index is -0.629. The zero-order valence-electron chi connectivity index (χ0n) is 10.1. The first kappa shape index (κ1) is 13.5. The van der Waals surface area contributed by atoms with Crippen molar-refractivity contribution < 1.29 is 4.79 Å².